The summed E-state index contributed by atoms with van der Waals surface area (Å²) >= 11 is 5.30. The van der Waals surface area contributed by atoms with Crippen molar-refractivity contribution in [2.24, 2.45) is 0 Å². The quantitative estimate of drug-likeness (QED) is 0.318. The fourth-order valence-corrected chi connectivity index (χ4v) is 0.570. The largest absolute Gasteiger partial charge is 0.0858 e. The lowest BCUT2D eigenvalue weighted by Gasteiger charge is -1.42. The van der Waals surface area contributed by atoms with Crippen molar-refractivity contribution in [1.82, 2.24) is 0 Å². The van der Waals surface area contributed by atoms with Gasteiger partial charge in [0.25, 0.3) is 0 Å². The molecule has 0 saturated carbocycles. The third-order valence-corrected chi connectivity index (χ3v) is 3.29. The van der Waals surface area contributed by atoms with Crippen molar-refractivity contribution in [3.05, 3.63) is 0 Å². The van der Waals surface area contributed by atoms with E-state index in [9.17, 15) is 0 Å². The second kappa shape index (κ2) is 0.818. The molecule has 0 saturated heterocycles. The molecule has 20 valence electrons. The van der Waals surface area contributed by atoms with Crippen LogP contribution in [0.1, 0.15) is 0 Å². The van der Waals surface area contributed by atoms with E-state index in [-0.39, 0.29) is 0 Å². The van der Waals surface area contributed by atoms with Crippen molar-refractivity contribution in [3.8, 4) is 0 Å². The van der Waals surface area contributed by atoms with E-state index in [1.54, 1.807) is 0 Å². The van der Waals surface area contributed by atoms with Gasteiger partial charge in [-0.05, 0) is 7.72 Å². The van der Waals surface area contributed by atoms with Crippen molar-refractivity contribution in [2.75, 3.05) is 0 Å². The number of halogens is 1. The van der Waals surface area contributed by atoms with Crippen LogP contribution in [0.4, 0.5) is 0 Å². The summed E-state index contributed by atoms with van der Waals surface area (Å²) in [5.74, 6) is 0. The standard InChI is InChI=1S/CClPSi/c2-1-3-4-1. The number of rotatable bonds is 0. The van der Waals surface area contributed by atoms with E-state index in [1.807, 2.05) is 0 Å². The molecule has 4 heavy (non-hydrogen) atoms. The normalized spacial score (nSPS) is 19.8. The molecule has 0 nitrogen and oxygen atoms in total. The van der Waals surface area contributed by atoms with Crippen LogP contribution in [0.3, 0.4) is 0 Å². The molecule has 0 bridgehead atoms. The third-order valence-electron chi connectivity index (χ3n) is 0.196. The highest BCUT2D eigenvalue weighted by molar-refractivity contribution is 7.87. The predicted molar refractivity (Wildman–Crippen MR) is 23.5 cm³/mol. The van der Waals surface area contributed by atoms with Crippen LogP contribution in [0, 0.1) is 0 Å². The van der Waals surface area contributed by atoms with Crippen molar-refractivity contribution in [3.63, 3.8) is 0 Å². The van der Waals surface area contributed by atoms with E-state index < -0.39 is 0 Å². The van der Waals surface area contributed by atoms with Crippen molar-refractivity contribution in [2.45, 2.75) is 0 Å². The molecule has 0 atom stereocenters. The third kappa shape index (κ3) is 0.557. The highest BCUT2D eigenvalue weighted by Gasteiger charge is 1.87. The van der Waals surface area contributed by atoms with Gasteiger partial charge in [0.1, 0.15) is 0 Å². The molecule has 0 radical (unpaired) electrons. The Morgan fingerprint density at radius 2 is 2.25 bits per heavy atom. The lowest BCUT2D eigenvalue weighted by Crippen LogP contribution is -1.40. The summed E-state index contributed by atoms with van der Waals surface area (Å²) < 4.78 is 1.14. The zero-order valence-electron chi connectivity index (χ0n) is 1.83. The maximum atomic E-state index is 5.30. The first-order valence-electron chi connectivity index (χ1n) is 0.886. The molecular weight excluding hydrogens is 107 g/mol. The van der Waals surface area contributed by atoms with E-state index in [0.717, 1.165) is 12.8 Å². The van der Waals surface area contributed by atoms with Crippen LogP contribution in [0.5, 0.6) is 0 Å². The van der Waals surface area contributed by atoms with E-state index in [2.05, 4.69) is 0 Å². The molecular formula is CClPSi. The first-order chi connectivity index (χ1) is 1.89. The molecule has 1 aliphatic rings. The summed E-state index contributed by atoms with van der Waals surface area (Å²) in [4.78, 5) is 0. The second-order valence-electron chi connectivity index (χ2n) is 0.514. The Kier molecular flexibility index (Phi) is 0.591. The topological polar surface area (TPSA) is 0 Å². The predicted octanol–water partition coefficient (Wildman–Crippen LogP) is 0.892. The molecule has 1 heterocycles. The summed E-state index contributed by atoms with van der Waals surface area (Å²) in [5.41, 5.74) is 0. The molecule has 0 fully saturated rings. The minimum absolute atomic E-state index is 0.961. The summed E-state index contributed by atoms with van der Waals surface area (Å²) in [6, 6.07) is 0. The van der Waals surface area contributed by atoms with Gasteiger partial charge in [-0.15, -0.1) is 0 Å². The zero-order chi connectivity index (χ0) is 2.99. The number of hydrogen-bond donors (Lipinski definition) is 0. The van der Waals surface area contributed by atoms with Crippen molar-refractivity contribution < 1.29 is 0 Å². The molecule has 0 aromatic rings. The van der Waals surface area contributed by atoms with Gasteiger partial charge in [0.05, 0.1) is 4.37 Å². The molecule has 0 amide bonds. The van der Waals surface area contributed by atoms with Gasteiger partial charge in [-0.2, -0.15) is 0 Å². The Labute approximate surface area is 32.8 Å². The Balaban J connectivity index is 2.75. The highest BCUT2D eigenvalue weighted by Crippen LogP contribution is 2.08. The van der Waals surface area contributed by atoms with E-state index >= 15 is 0 Å². The average Bonchev–Trinajstić information content (AvgIpc) is 1.75. The van der Waals surface area contributed by atoms with E-state index in [1.165, 1.54) is 7.72 Å². The van der Waals surface area contributed by atoms with Crippen molar-refractivity contribution >= 4 is 32.1 Å². The zero-order valence-corrected chi connectivity index (χ0v) is 4.48. The molecule has 0 aromatic carbocycles. The average molecular weight is 107 g/mol. The summed E-state index contributed by atoms with van der Waals surface area (Å²) in [7, 11) is 2.34. The van der Waals surface area contributed by atoms with Gasteiger partial charge >= 0.3 is 0 Å². The van der Waals surface area contributed by atoms with Gasteiger partial charge in [0, 0.05) is 8.38 Å². The summed E-state index contributed by atoms with van der Waals surface area (Å²) in [6.07, 6.45) is 0. The summed E-state index contributed by atoms with van der Waals surface area (Å²) in [6.45, 7) is 0. The fraction of sp³-hybridized carbons (Fsp3) is 0. The fourth-order valence-electron chi connectivity index (χ4n) is 0.0211. The Morgan fingerprint density at radius 1 is 2.00 bits per heavy atom. The van der Waals surface area contributed by atoms with Crippen LogP contribution in [-0.4, -0.2) is 12.8 Å². The SMILES string of the molecule is ClC1=[Si]=P1. The Hall–Kier alpha value is 0.677. The lowest BCUT2D eigenvalue weighted by atomic mass is 11.9. The lowest BCUT2D eigenvalue weighted by molar-refractivity contribution is 3.99. The first kappa shape index (κ1) is 2.89. The monoisotopic (exact) mass is 106 g/mol. The number of hydrogen-bond acceptors (Lipinski definition) is 0. The second-order valence-corrected chi connectivity index (χ2v) is 4.63. The van der Waals surface area contributed by atoms with Gasteiger partial charge in [0.15, 0.2) is 0 Å². The maximum Gasteiger partial charge on any atom is 0.0858 e. The minimum atomic E-state index is 0.961. The first-order valence-corrected chi connectivity index (χ1v) is 4.00. The maximum absolute atomic E-state index is 5.30. The van der Waals surface area contributed by atoms with E-state index in [0.29, 0.717) is 0 Å². The minimum Gasteiger partial charge on any atom is -0.0765 e. The van der Waals surface area contributed by atoms with Crippen LogP contribution in [-0.2, 0) is 0 Å². The van der Waals surface area contributed by atoms with Gasteiger partial charge in [-0.25, -0.2) is 0 Å². The van der Waals surface area contributed by atoms with Crippen LogP contribution in [0.25, 0.3) is 0 Å². The van der Waals surface area contributed by atoms with Crippen LogP contribution in [0.2, 0.25) is 0 Å². The van der Waals surface area contributed by atoms with Crippen LogP contribution in [0.15, 0.2) is 0 Å². The van der Waals surface area contributed by atoms with Crippen LogP contribution >= 0.6 is 19.3 Å². The van der Waals surface area contributed by atoms with Crippen LogP contribution < -0.4 is 0 Å². The molecule has 3 heteroatoms. The summed E-state index contributed by atoms with van der Waals surface area (Å²) in [5, 5.41) is 0. The van der Waals surface area contributed by atoms with Gasteiger partial charge in [-0.3, -0.25) is 0 Å². The Bertz CT molecular complexity index is 90.2. The Morgan fingerprint density at radius 3 is 2.25 bits per heavy atom. The molecule has 0 aromatic heterocycles. The van der Waals surface area contributed by atoms with Crippen molar-refractivity contribution in [1.29, 1.82) is 0 Å². The molecule has 0 aliphatic carbocycles. The molecule has 1 rings (SSSR count). The molecule has 1 aliphatic heterocycles. The van der Waals surface area contributed by atoms with E-state index in [4.69, 9.17) is 11.6 Å². The molecule has 0 N–H and O–H groups in total. The van der Waals surface area contributed by atoms with Gasteiger partial charge < -0.3 is 0 Å². The smallest absolute Gasteiger partial charge is 0.0765 e. The van der Waals surface area contributed by atoms with Gasteiger partial charge in [0.2, 0.25) is 0 Å². The van der Waals surface area contributed by atoms with Gasteiger partial charge in [-0.1, -0.05) is 11.6 Å². The molecule has 0 unspecified atom stereocenters. The highest BCUT2D eigenvalue weighted by atomic mass is 35.5. The molecule has 0 spiro atoms.